The molecule has 1 unspecified atom stereocenters. The Kier molecular flexibility index (Phi) is 5.94. The zero-order chi connectivity index (χ0) is 12.7. The first kappa shape index (κ1) is 13.9. The van der Waals surface area contributed by atoms with Gasteiger partial charge in [0.05, 0.1) is 6.10 Å². The standard InChI is InChI=1S/C13H16BrNO2/c1-10(16)8-9-15-13(17)7-4-11-2-5-12(14)6-3-11/h2-7,10,16H,8-9H2,1H3,(H,15,17). The van der Waals surface area contributed by atoms with E-state index in [1.807, 2.05) is 24.3 Å². The molecule has 0 aliphatic carbocycles. The first-order valence-corrected chi connectivity index (χ1v) is 6.27. The summed E-state index contributed by atoms with van der Waals surface area (Å²) in [5.74, 6) is -0.145. The molecule has 1 rings (SSSR count). The molecule has 0 aromatic heterocycles. The molecular weight excluding hydrogens is 282 g/mol. The van der Waals surface area contributed by atoms with Gasteiger partial charge in [0.15, 0.2) is 0 Å². The van der Waals surface area contributed by atoms with E-state index >= 15 is 0 Å². The Bertz CT molecular complexity index is 385. The number of hydrogen-bond donors (Lipinski definition) is 2. The van der Waals surface area contributed by atoms with Crippen LogP contribution >= 0.6 is 15.9 Å². The van der Waals surface area contributed by atoms with Gasteiger partial charge < -0.3 is 10.4 Å². The van der Waals surface area contributed by atoms with Crippen LogP contribution in [0.3, 0.4) is 0 Å². The Morgan fingerprint density at radius 3 is 2.71 bits per heavy atom. The molecule has 0 saturated carbocycles. The third-order valence-corrected chi connectivity index (χ3v) is 2.69. The number of benzene rings is 1. The smallest absolute Gasteiger partial charge is 0.244 e. The van der Waals surface area contributed by atoms with Crippen molar-refractivity contribution in [2.45, 2.75) is 19.4 Å². The average Bonchev–Trinajstić information content (AvgIpc) is 2.28. The van der Waals surface area contributed by atoms with Gasteiger partial charge in [0.2, 0.25) is 5.91 Å². The maximum absolute atomic E-state index is 11.4. The minimum atomic E-state index is -0.384. The number of aliphatic hydroxyl groups excluding tert-OH is 1. The van der Waals surface area contributed by atoms with Gasteiger partial charge in [0.1, 0.15) is 0 Å². The van der Waals surface area contributed by atoms with Gasteiger partial charge in [-0.25, -0.2) is 0 Å². The Balaban J connectivity index is 2.37. The quantitative estimate of drug-likeness (QED) is 0.820. The van der Waals surface area contributed by atoms with Crippen molar-refractivity contribution in [1.82, 2.24) is 5.32 Å². The molecule has 17 heavy (non-hydrogen) atoms. The third kappa shape index (κ3) is 6.24. The molecule has 2 N–H and O–H groups in total. The average molecular weight is 298 g/mol. The third-order valence-electron chi connectivity index (χ3n) is 2.16. The fraction of sp³-hybridized carbons (Fsp3) is 0.308. The molecule has 0 heterocycles. The van der Waals surface area contributed by atoms with Gasteiger partial charge in [-0.3, -0.25) is 4.79 Å². The van der Waals surface area contributed by atoms with Gasteiger partial charge in [0, 0.05) is 17.1 Å². The largest absolute Gasteiger partial charge is 0.393 e. The molecule has 1 atom stereocenters. The van der Waals surface area contributed by atoms with Crippen LogP contribution in [-0.2, 0) is 4.79 Å². The van der Waals surface area contributed by atoms with E-state index in [2.05, 4.69) is 21.2 Å². The van der Waals surface area contributed by atoms with Crippen molar-refractivity contribution in [3.05, 3.63) is 40.4 Å². The number of carbonyl (C=O) groups is 1. The van der Waals surface area contributed by atoms with Crippen molar-refractivity contribution in [1.29, 1.82) is 0 Å². The van der Waals surface area contributed by atoms with Crippen LogP contribution in [0.25, 0.3) is 6.08 Å². The molecule has 0 fully saturated rings. The van der Waals surface area contributed by atoms with Crippen LogP contribution in [0.2, 0.25) is 0 Å². The minimum absolute atomic E-state index is 0.145. The highest BCUT2D eigenvalue weighted by Crippen LogP contribution is 2.11. The topological polar surface area (TPSA) is 49.3 Å². The monoisotopic (exact) mass is 297 g/mol. The SMILES string of the molecule is CC(O)CCNC(=O)C=Cc1ccc(Br)cc1. The minimum Gasteiger partial charge on any atom is -0.393 e. The normalized spacial score (nSPS) is 12.6. The molecule has 0 saturated heterocycles. The lowest BCUT2D eigenvalue weighted by molar-refractivity contribution is -0.116. The summed E-state index contributed by atoms with van der Waals surface area (Å²) in [6, 6.07) is 7.68. The summed E-state index contributed by atoms with van der Waals surface area (Å²) < 4.78 is 1.01. The van der Waals surface area contributed by atoms with Gasteiger partial charge in [-0.05, 0) is 37.1 Å². The summed E-state index contributed by atoms with van der Waals surface area (Å²) in [4.78, 5) is 11.4. The molecule has 0 aliphatic rings. The second kappa shape index (κ2) is 7.25. The summed E-state index contributed by atoms with van der Waals surface area (Å²) in [6.45, 7) is 2.19. The zero-order valence-electron chi connectivity index (χ0n) is 9.69. The van der Waals surface area contributed by atoms with Crippen molar-refractivity contribution < 1.29 is 9.90 Å². The number of carbonyl (C=O) groups excluding carboxylic acids is 1. The van der Waals surface area contributed by atoms with Gasteiger partial charge in [-0.2, -0.15) is 0 Å². The molecule has 92 valence electrons. The van der Waals surface area contributed by atoms with E-state index in [0.717, 1.165) is 10.0 Å². The van der Waals surface area contributed by atoms with Crippen molar-refractivity contribution >= 4 is 27.9 Å². The number of halogens is 1. The second-order valence-electron chi connectivity index (χ2n) is 3.81. The molecule has 1 amide bonds. The molecule has 0 spiro atoms. The lowest BCUT2D eigenvalue weighted by Gasteiger charge is -2.03. The fourth-order valence-corrected chi connectivity index (χ4v) is 1.47. The maximum Gasteiger partial charge on any atom is 0.244 e. The number of aliphatic hydroxyl groups is 1. The van der Waals surface area contributed by atoms with Crippen molar-refractivity contribution in [2.24, 2.45) is 0 Å². The molecule has 0 radical (unpaired) electrons. The van der Waals surface area contributed by atoms with Crippen LogP contribution in [0.5, 0.6) is 0 Å². The number of nitrogens with one attached hydrogen (secondary N) is 1. The highest BCUT2D eigenvalue weighted by Gasteiger charge is 1.97. The number of hydrogen-bond acceptors (Lipinski definition) is 2. The molecule has 1 aromatic carbocycles. The lowest BCUT2D eigenvalue weighted by Crippen LogP contribution is -2.24. The molecule has 0 aliphatic heterocycles. The highest BCUT2D eigenvalue weighted by atomic mass is 79.9. The first-order chi connectivity index (χ1) is 8.08. The summed E-state index contributed by atoms with van der Waals surface area (Å²) in [5, 5.41) is 11.7. The molecule has 3 nitrogen and oxygen atoms in total. The van der Waals surface area contributed by atoms with Crippen LogP contribution in [0.1, 0.15) is 18.9 Å². The lowest BCUT2D eigenvalue weighted by atomic mass is 10.2. The Hall–Kier alpha value is -1.13. The van der Waals surface area contributed by atoms with E-state index in [1.54, 1.807) is 13.0 Å². The van der Waals surface area contributed by atoms with Crippen LogP contribution in [0.4, 0.5) is 0 Å². The van der Waals surface area contributed by atoms with Crippen LogP contribution in [0.15, 0.2) is 34.8 Å². The van der Waals surface area contributed by atoms with E-state index in [1.165, 1.54) is 6.08 Å². The van der Waals surface area contributed by atoms with Gasteiger partial charge in [-0.1, -0.05) is 28.1 Å². The molecular formula is C13H16BrNO2. The predicted molar refractivity (Wildman–Crippen MR) is 72.5 cm³/mol. The van der Waals surface area contributed by atoms with Crippen LogP contribution in [0, 0.1) is 0 Å². The molecule has 0 bridgehead atoms. The van der Waals surface area contributed by atoms with Crippen molar-refractivity contribution in [3.63, 3.8) is 0 Å². The van der Waals surface area contributed by atoms with Crippen molar-refractivity contribution in [3.8, 4) is 0 Å². The van der Waals surface area contributed by atoms with Gasteiger partial charge in [-0.15, -0.1) is 0 Å². The number of amides is 1. The second-order valence-corrected chi connectivity index (χ2v) is 4.73. The van der Waals surface area contributed by atoms with Crippen LogP contribution < -0.4 is 5.32 Å². The summed E-state index contributed by atoms with van der Waals surface area (Å²) in [5.41, 5.74) is 0.971. The highest BCUT2D eigenvalue weighted by molar-refractivity contribution is 9.10. The van der Waals surface area contributed by atoms with E-state index in [0.29, 0.717) is 13.0 Å². The summed E-state index contributed by atoms with van der Waals surface area (Å²) in [7, 11) is 0. The van der Waals surface area contributed by atoms with Gasteiger partial charge >= 0.3 is 0 Å². The van der Waals surface area contributed by atoms with Crippen molar-refractivity contribution in [2.75, 3.05) is 6.54 Å². The van der Waals surface area contributed by atoms with Gasteiger partial charge in [0.25, 0.3) is 0 Å². The fourth-order valence-electron chi connectivity index (χ4n) is 1.21. The Morgan fingerprint density at radius 2 is 2.12 bits per heavy atom. The molecule has 4 heteroatoms. The Labute approximate surface area is 110 Å². The first-order valence-electron chi connectivity index (χ1n) is 5.47. The maximum atomic E-state index is 11.4. The van der Waals surface area contributed by atoms with E-state index in [-0.39, 0.29) is 12.0 Å². The number of rotatable bonds is 5. The van der Waals surface area contributed by atoms with Crippen LogP contribution in [-0.4, -0.2) is 23.7 Å². The Morgan fingerprint density at radius 1 is 1.47 bits per heavy atom. The summed E-state index contributed by atoms with van der Waals surface area (Å²) >= 11 is 3.35. The van der Waals surface area contributed by atoms with E-state index in [4.69, 9.17) is 5.11 Å². The summed E-state index contributed by atoms with van der Waals surface area (Å²) in [6.07, 6.45) is 3.43. The predicted octanol–water partition coefficient (Wildman–Crippen LogP) is 2.35. The van der Waals surface area contributed by atoms with E-state index in [9.17, 15) is 4.79 Å². The molecule has 1 aromatic rings. The van der Waals surface area contributed by atoms with E-state index < -0.39 is 0 Å². The zero-order valence-corrected chi connectivity index (χ0v) is 11.3.